The van der Waals surface area contributed by atoms with Crippen molar-refractivity contribution >= 4 is 27.8 Å². The molecule has 0 atom stereocenters. The monoisotopic (exact) mass is 336 g/mol. The normalized spacial score (nSPS) is 10.2. The first-order valence-electron chi connectivity index (χ1n) is 5.84. The summed E-state index contributed by atoms with van der Waals surface area (Å²) in [6, 6.07) is 5.14. The number of carbonyl (C=O) groups is 1. The number of rotatable bonds is 3. The number of benzene rings is 1. The van der Waals surface area contributed by atoms with Crippen molar-refractivity contribution in [3.05, 3.63) is 39.6 Å². The number of aryl methyl sites for hydroxylation is 2. The first-order valence-corrected chi connectivity index (χ1v) is 6.63. The van der Waals surface area contributed by atoms with Crippen LogP contribution in [0.15, 0.2) is 22.7 Å². The van der Waals surface area contributed by atoms with E-state index in [1.165, 1.54) is 0 Å². The predicted molar refractivity (Wildman–Crippen MR) is 77.9 cm³/mol. The molecule has 1 N–H and O–H groups in total. The Morgan fingerprint density at radius 3 is 2.65 bits per heavy atom. The van der Waals surface area contributed by atoms with E-state index in [4.69, 9.17) is 4.74 Å². The quantitative estimate of drug-likeness (QED) is 0.931. The number of halogens is 1. The minimum atomic E-state index is -0.333. The van der Waals surface area contributed by atoms with Gasteiger partial charge in [0.05, 0.1) is 24.1 Å². The lowest BCUT2D eigenvalue weighted by molar-refractivity contribution is 0.102. The third-order valence-corrected chi connectivity index (χ3v) is 3.43. The Morgan fingerprint density at radius 2 is 2.00 bits per heavy atom. The molecule has 0 unspecified atom stereocenters. The number of nitrogens with one attached hydrogen (secondary N) is 1. The Bertz CT molecular complexity index is 661. The van der Waals surface area contributed by atoms with E-state index in [9.17, 15) is 4.79 Å². The van der Waals surface area contributed by atoms with Gasteiger partial charge in [-0.2, -0.15) is 5.10 Å². The number of hydrogen-bond donors (Lipinski definition) is 1. The van der Waals surface area contributed by atoms with Gasteiger partial charge in [0.1, 0.15) is 5.75 Å². The molecule has 2 aromatic rings. The predicted octanol–water partition coefficient (Wildman–Crippen LogP) is 2.51. The van der Waals surface area contributed by atoms with Gasteiger partial charge in [0.2, 0.25) is 5.95 Å². The molecule has 0 spiro atoms. The molecule has 0 bridgehead atoms. The number of nitrogens with zero attached hydrogens (tertiary/aromatic N) is 3. The maximum atomic E-state index is 12.2. The summed E-state index contributed by atoms with van der Waals surface area (Å²) in [5, 5.41) is 10.4. The van der Waals surface area contributed by atoms with Crippen molar-refractivity contribution in [3.8, 4) is 5.75 Å². The van der Waals surface area contributed by atoms with Gasteiger partial charge < -0.3 is 4.74 Å². The molecule has 6 nitrogen and oxygen atoms in total. The van der Waals surface area contributed by atoms with Gasteiger partial charge in [0.25, 0.3) is 5.91 Å². The minimum absolute atomic E-state index is 0.174. The lowest BCUT2D eigenvalue weighted by Crippen LogP contribution is -2.16. The van der Waals surface area contributed by atoms with Crippen LogP contribution in [-0.4, -0.2) is 28.2 Å². The maximum Gasteiger partial charge on any atom is 0.259 e. The SMILES string of the molecule is COc1ccc(Br)c(C(=O)Nc2nnc(C)c(C)n2)c1. The van der Waals surface area contributed by atoms with Crippen molar-refractivity contribution in [1.29, 1.82) is 0 Å². The number of amides is 1. The Hall–Kier alpha value is -2.02. The second-order valence-corrected chi connectivity index (χ2v) is 4.96. The van der Waals surface area contributed by atoms with Crippen LogP contribution >= 0.6 is 15.9 Å². The number of anilines is 1. The van der Waals surface area contributed by atoms with Crippen LogP contribution in [0.3, 0.4) is 0 Å². The van der Waals surface area contributed by atoms with Crippen molar-refractivity contribution in [2.45, 2.75) is 13.8 Å². The molecular formula is C13H13BrN4O2. The second kappa shape index (κ2) is 5.96. The summed E-state index contributed by atoms with van der Waals surface area (Å²) < 4.78 is 5.76. The molecule has 0 saturated heterocycles. The third kappa shape index (κ3) is 3.11. The summed E-state index contributed by atoms with van der Waals surface area (Å²) in [7, 11) is 1.54. The fourth-order valence-corrected chi connectivity index (χ4v) is 1.91. The van der Waals surface area contributed by atoms with Crippen LogP contribution in [0.5, 0.6) is 5.75 Å². The topological polar surface area (TPSA) is 77.0 Å². The first kappa shape index (κ1) is 14.4. The maximum absolute atomic E-state index is 12.2. The molecule has 0 aliphatic rings. The highest BCUT2D eigenvalue weighted by Crippen LogP contribution is 2.23. The average molecular weight is 337 g/mol. The Labute approximate surface area is 124 Å². The van der Waals surface area contributed by atoms with Crippen LogP contribution in [0.25, 0.3) is 0 Å². The van der Waals surface area contributed by atoms with Gasteiger partial charge in [-0.15, -0.1) is 5.10 Å². The lowest BCUT2D eigenvalue weighted by atomic mass is 10.2. The summed E-state index contributed by atoms with van der Waals surface area (Å²) in [5.74, 6) is 0.436. The van der Waals surface area contributed by atoms with Gasteiger partial charge in [-0.3, -0.25) is 10.1 Å². The second-order valence-electron chi connectivity index (χ2n) is 4.11. The van der Waals surface area contributed by atoms with Crippen molar-refractivity contribution in [2.75, 3.05) is 12.4 Å². The summed E-state index contributed by atoms with van der Waals surface area (Å²) in [4.78, 5) is 16.4. The number of methoxy groups -OCH3 is 1. The summed E-state index contributed by atoms with van der Waals surface area (Å²) >= 11 is 3.33. The van der Waals surface area contributed by atoms with Gasteiger partial charge in [-0.25, -0.2) is 4.98 Å². The molecule has 0 radical (unpaired) electrons. The van der Waals surface area contributed by atoms with Crippen molar-refractivity contribution in [3.63, 3.8) is 0 Å². The molecule has 20 heavy (non-hydrogen) atoms. The molecule has 2 rings (SSSR count). The van der Waals surface area contributed by atoms with Gasteiger partial charge in [0, 0.05) is 4.47 Å². The average Bonchev–Trinajstić information content (AvgIpc) is 2.43. The van der Waals surface area contributed by atoms with E-state index in [2.05, 4.69) is 36.4 Å². The van der Waals surface area contributed by atoms with E-state index in [-0.39, 0.29) is 11.9 Å². The zero-order valence-corrected chi connectivity index (χ0v) is 12.9. The number of ether oxygens (including phenoxy) is 1. The summed E-state index contributed by atoms with van der Waals surface area (Å²) in [6.07, 6.45) is 0. The van der Waals surface area contributed by atoms with E-state index in [1.54, 1.807) is 39.2 Å². The molecule has 0 saturated carbocycles. The number of carbonyl (C=O) groups excluding carboxylic acids is 1. The number of aromatic nitrogens is 3. The molecular weight excluding hydrogens is 324 g/mol. The zero-order chi connectivity index (χ0) is 14.7. The summed E-state index contributed by atoms with van der Waals surface area (Å²) in [5.41, 5.74) is 1.89. The van der Waals surface area contributed by atoms with Gasteiger partial charge in [-0.1, -0.05) is 0 Å². The van der Waals surface area contributed by atoms with Gasteiger partial charge in [0.15, 0.2) is 0 Å². The Balaban J connectivity index is 2.25. The van der Waals surface area contributed by atoms with Crippen molar-refractivity contribution < 1.29 is 9.53 Å². The van der Waals surface area contributed by atoms with Crippen LogP contribution in [0.1, 0.15) is 21.7 Å². The largest absolute Gasteiger partial charge is 0.497 e. The molecule has 0 fully saturated rings. The molecule has 0 aliphatic heterocycles. The van der Waals surface area contributed by atoms with Crippen molar-refractivity contribution in [1.82, 2.24) is 15.2 Å². The Morgan fingerprint density at radius 1 is 1.25 bits per heavy atom. The van der Waals surface area contributed by atoms with E-state index in [0.29, 0.717) is 15.8 Å². The van der Waals surface area contributed by atoms with Gasteiger partial charge in [-0.05, 0) is 48.0 Å². The van der Waals surface area contributed by atoms with Crippen LogP contribution in [-0.2, 0) is 0 Å². The minimum Gasteiger partial charge on any atom is -0.497 e. The highest BCUT2D eigenvalue weighted by Gasteiger charge is 2.13. The lowest BCUT2D eigenvalue weighted by Gasteiger charge is -2.08. The number of hydrogen-bond acceptors (Lipinski definition) is 5. The molecule has 1 heterocycles. The Kier molecular flexibility index (Phi) is 4.29. The van der Waals surface area contributed by atoms with Crippen LogP contribution in [0, 0.1) is 13.8 Å². The highest BCUT2D eigenvalue weighted by molar-refractivity contribution is 9.10. The molecule has 0 aliphatic carbocycles. The highest BCUT2D eigenvalue weighted by atomic mass is 79.9. The zero-order valence-electron chi connectivity index (χ0n) is 11.3. The van der Waals surface area contributed by atoms with E-state index >= 15 is 0 Å². The standard InChI is InChI=1S/C13H13BrN4O2/c1-7-8(2)17-18-13(15-7)16-12(19)10-6-9(20-3)4-5-11(10)14/h4-6H,1-3H3,(H,15,16,18,19). The summed E-state index contributed by atoms with van der Waals surface area (Å²) in [6.45, 7) is 3.61. The molecule has 1 amide bonds. The first-order chi connectivity index (χ1) is 9.51. The van der Waals surface area contributed by atoms with Crippen LogP contribution in [0.2, 0.25) is 0 Å². The van der Waals surface area contributed by atoms with E-state index in [0.717, 1.165) is 11.4 Å². The fraction of sp³-hybridized carbons (Fsp3) is 0.231. The smallest absolute Gasteiger partial charge is 0.259 e. The van der Waals surface area contributed by atoms with E-state index < -0.39 is 0 Å². The molecule has 7 heteroatoms. The van der Waals surface area contributed by atoms with E-state index in [1.807, 2.05) is 0 Å². The molecule has 1 aromatic heterocycles. The van der Waals surface area contributed by atoms with Crippen LogP contribution < -0.4 is 10.1 Å². The fourth-order valence-electron chi connectivity index (χ4n) is 1.48. The third-order valence-electron chi connectivity index (χ3n) is 2.74. The van der Waals surface area contributed by atoms with Gasteiger partial charge >= 0.3 is 0 Å². The van der Waals surface area contributed by atoms with Crippen molar-refractivity contribution in [2.24, 2.45) is 0 Å². The van der Waals surface area contributed by atoms with Crippen LogP contribution in [0.4, 0.5) is 5.95 Å². The molecule has 1 aromatic carbocycles. The molecule has 104 valence electrons.